The molecule has 1 fully saturated rings. The van der Waals surface area contributed by atoms with Crippen LogP contribution in [0.15, 0.2) is 0 Å². The van der Waals surface area contributed by atoms with Crippen molar-refractivity contribution in [3.8, 4) is 0 Å². The van der Waals surface area contributed by atoms with E-state index in [1.54, 1.807) is 0 Å². The highest BCUT2D eigenvalue weighted by Gasteiger charge is 2.42. The molecule has 0 aromatic carbocycles. The maximum atomic E-state index is 12.0. The second-order valence-electron chi connectivity index (χ2n) is 6.90. The largest absolute Gasteiger partial charge is 0.480 e. The third kappa shape index (κ3) is 4.39. The minimum absolute atomic E-state index is 0.0226. The topological polar surface area (TPSA) is 78.4 Å². The van der Waals surface area contributed by atoms with Gasteiger partial charge in [-0.25, -0.2) is 9.59 Å². The van der Waals surface area contributed by atoms with Gasteiger partial charge < -0.3 is 15.7 Å². The first-order valence-corrected chi connectivity index (χ1v) is 7.50. The second-order valence-corrected chi connectivity index (χ2v) is 6.90. The number of aliphatic carboxylic acids is 1. The average molecular weight is 284 g/mol. The fraction of sp³-hybridized carbons (Fsp3) is 0.867. The van der Waals surface area contributed by atoms with E-state index < -0.39 is 11.5 Å². The van der Waals surface area contributed by atoms with Crippen LogP contribution in [0.4, 0.5) is 4.79 Å². The molecule has 0 unspecified atom stereocenters. The van der Waals surface area contributed by atoms with E-state index >= 15 is 0 Å². The molecule has 3 N–H and O–H groups in total. The van der Waals surface area contributed by atoms with Crippen molar-refractivity contribution in [3.63, 3.8) is 0 Å². The Hall–Kier alpha value is -1.26. The fourth-order valence-corrected chi connectivity index (χ4v) is 2.35. The van der Waals surface area contributed by atoms with Crippen LogP contribution in [-0.2, 0) is 4.79 Å². The molecule has 20 heavy (non-hydrogen) atoms. The summed E-state index contributed by atoms with van der Waals surface area (Å²) in [7, 11) is 0. The Kier molecular flexibility index (Phi) is 5.42. The third-order valence-corrected chi connectivity index (χ3v) is 4.57. The Morgan fingerprint density at radius 1 is 1.30 bits per heavy atom. The highest BCUT2D eigenvalue weighted by atomic mass is 16.4. The summed E-state index contributed by atoms with van der Waals surface area (Å²) in [6.07, 6.45) is 3.65. The zero-order chi connectivity index (χ0) is 15.4. The quantitative estimate of drug-likeness (QED) is 0.726. The molecule has 0 aliphatic heterocycles. The van der Waals surface area contributed by atoms with Crippen LogP contribution in [0.25, 0.3) is 0 Å². The Morgan fingerprint density at radius 2 is 1.85 bits per heavy atom. The number of carboxylic acid groups (broad SMARTS) is 1. The molecule has 5 nitrogen and oxygen atoms in total. The summed E-state index contributed by atoms with van der Waals surface area (Å²) in [5.74, 6) is -0.388. The predicted molar refractivity (Wildman–Crippen MR) is 78.6 cm³/mol. The van der Waals surface area contributed by atoms with Gasteiger partial charge in [0.2, 0.25) is 0 Å². The Balaban J connectivity index is 2.59. The second kappa shape index (κ2) is 6.46. The summed E-state index contributed by atoms with van der Waals surface area (Å²) in [6, 6.07) is -0.372. The molecule has 0 aromatic heterocycles. The van der Waals surface area contributed by atoms with Gasteiger partial charge in [0.1, 0.15) is 5.54 Å². The van der Waals surface area contributed by atoms with Gasteiger partial charge in [0.25, 0.3) is 0 Å². The number of nitrogens with one attached hydrogen (secondary N) is 2. The number of rotatable bonds is 5. The van der Waals surface area contributed by atoms with E-state index in [0.29, 0.717) is 25.3 Å². The highest BCUT2D eigenvalue weighted by Crippen LogP contribution is 2.32. The van der Waals surface area contributed by atoms with Gasteiger partial charge in [0, 0.05) is 6.54 Å². The van der Waals surface area contributed by atoms with Crippen LogP contribution in [0.5, 0.6) is 0 Å². The van der Waals surface area contributed by atoms with Crippen molar-refractivity contribution in [1.82, 2.24) is 10.6 Å². The lowest BCUT2D eigenvalue weighted by molar-refractivity contribution is -0.146. The lowest BCUT2D eigenvalue weighted by Gasteiger charge is -2.36. The normalized spacial score (nSPS) is 26.9. The Bertz CT molecular complexity index is 358. The van der Waals surface area contributed by atoms with Crippen LogP contribution < -0.4 is 10.6 Å². The van der Waals surface area contributed by atoms with Crippen molar-refractivity contribution >= 4 is 12.0 Å². The van der Waals surface area contributed by atoms with Gasteiger partial charge in [0.05, 0.1) is 0 Å². The molecule has 0 atom stereocenters. The molecular weight excluding hydrogens is 256 g/mol. The van der Waals surface area contributed by atoms with Crippen molar-refractivity contribution in [2.45, 2.75) is 65.3 Å². The summed E-state index contributed by atoms with van der Waals surface area (Å²) in [5, 5.41) is 15.0. The van der Waals surface area contributed by atoms with Crippen LogP contribution in [0.1, 0.15) is 59.8 Å². The van der Waals surface area contributed by atoms with E-state index in [9.17, 15) is 14.7 Å². The van der Waals surface area contributed by atoms with E-state index in [2.05, 4.69) is 38.3 Å². The molecule has 2 amide bonds. The zero-order valence-electron chi connectivity index (χ0n) is 13.1. The van der Waals surface area contributed by atoms with E-state index in [1.165, 1.54) is 0 Å². The first kappa shape index (κ1) is 16.8. The predicted octanol–water partition coefficient (Wildman–Crippen LogP) is 2.76. The molecule has 1 aliphatic carbocycles. The molecule has 1 rings (SSSR count). The van der Waals surface area contributed by atoms with Crippen molar-refractivity contribution in [2.75, 3.05) is 6.54 Å². The summed E-state index contributed by atoms with van der Waals surface area (Å²) < 4.78 is 0. The lowest BCUT2D eigenvalue weighted by atomic mass is 9.77. The molecule has 116 valence electrons. The molecule has 1 saturated carbocycles. The van der Waals surface area contributed by atoms with Gasteiger partial charge in [-0.05, 0) is 43.4 Å². The van der Waals surface area contributed by atoms with Crippen LogP contribution in [-0.4, -0.2) is 29.2 Å². The van der Waals surface area contributed by atoms with Crippen LogP contribution in [0.2, 0.25) is 0 Å². The Labute approximate surface area is 121 Å². The van der Waals surface area contributed by atoms with Crippen molar-refractivity contribution < 1.29 is 14.7 Å². The molecular formula is C15H28N2O3. The zero-order valence-corrected chi connectivity index (χ0v) is 13.1. The van der Waals surface area contributed by atoms with Crippen molar-refractivity contribution in [2.24, 2.45) is 11.3 Å². The van der Waals surface area contributed by atoms with Crippen LogP contribution in [0, 0.1) is 11.3 Å². The third-order valence-electron chi connectivity index (χ3n) is 4.57. The Morgan fingerprint density at radius 3 is 2.30 bits per heavy atom. The van der Waals surface area contributed by atoms with E-state index in [-0.39, 0.29) is 11.4 Å². The number of carbonyl (C=O) groups excluding carboxylic acids is 1. The van der Waals surface area contributed by atoms with Crippen molar-refractivity contribution in [1.29, 1.82) is 0 Å². The molecule has 0 aromatic rings. The number of amides is 2. The van der Waals surface area contributed by atoms with E-state index in [0.717, 1.165) is 19.3 Å². The molecule has 0 spiro atoms. The van der Waals surface area contributed by atoms with Crippen LogP contribution >= 0.6 is 0 Å². The molecule has 0 bridgehead atoms. The maximum Gasteiger partial charge on any atom is 0.329 e. The number of hydrogen-bond donors (Lipinski definition) is 3. The summed E-state index contributed by atoms with van der Waals surface area (Å²) >= 11 is 0. The van der Waals surface area contributed by atoms with Gasteiger partial charge in [-0.2, -0.15) is 0 Å². The number of carbonyl (C=O) groups is 2. The smallest absolute Gasteiger partial charge is 0.329 e. The minimum atomic E-state index is -1.09. The highest BCUT2D eigenvalue weighted by molar-refractivity contribution is 5.86. The molecule has 0 saturated heterocycles. The SMILES string of the molecule is CCC(C)(C)CNC(=O)NC1(C(=O)O)CCC(C)CC1. The number of urea groups is 1. The van der Waals surface area contributed by atoms with Crippen molar-refractivity contribution in [3.05, 3.63) is 0 Å². The number of carboxylic acids is 1. The lowest BCUT2D eigenvalue weighted by Crippen LogP contribution is -2.59. The summed E-state index contributed by atoms with van der Waals surface area (Å²) in [6.45, 7) is 8.88. The maximum absolute atomic E-state index is 12.0. The molecule has 0 radical (unpaired) electrons. The molecule has 0 heterocycles. The fourth-order valence-electron chi connectivity index (χ4n) is 2.35. The first-order valence-electron chi connectivity index (χ1n) is 7.50. The van der Waals surface area contributed by atoms with Gasteiger partial charge in [-0.1, -0.05) is 27.7 Å². The van der Waals surface area contributed by atoms with Crippen LogP contribution in [0.3, 0.4) is 0 Å². The summed E-state index contributed by atoms with van der Waals surface area (Å²) in [5.41, 5.74) is -1.07. The van der Waals surface area contributed by atoms with E-state index in [1.807, 2.05) is 0 Å². The van der Waals surface area contributed by atoms with Gasteiger partial charge >= 0.3 is 12.0 Å². The standard InChI is InChI=1S/C15H28N2O3/c1-5-14(3,4)10-16-13(20)17-15(12(18)19)8-6-11(2)7-9-15/h11H,5-10H2,1-4H3,(H,18,19)(H2,16,17,20). The average Bonchev–Trinajstić information content (AvgIpc) is 2.39. The minimum Gasteiger partial charge on any atom is -0.480 e. The van der Waals surface area contributed by atoms with Gasteiger partial charge in [-0.3, -0.25) is 0 Å². The van der Waals surface area contributed by atoms with Gasteiger partial charge in [-0.15, -0.1) is 0 Å². The number of hydrogen-bond acceptors (Lipinski definition) is 2. The molecule has 5 heteroatoms. The first-order chi connectivity index (χ1) is 9.21. The summed E-state index contributed by atoms with van der Waals surface area (Å²) in [4.78, 5) is 23.5. The van der Waals surface area contributed by atoms with Gasteiger partial charge in [0.15, 0.2) is 0 Å². The monoisotopic (exact) mass is 284 g/mol. The molecule has 1 aliphatic rings. The van der Waals surface area contributed by atoms with E-state index in [4.69, 9.17) is 0 Å².